The lowest BCUT2D eigenvalue weighted by Gasteiger charge is -2.11. The van der Waals surface area contributed by atoms with Crippen LogP contribution in [0.4, 0.5) is 14.5 Å². The molecule has 0 aliphatic rings. The molecule has 0 aromatic heterocycles. The van der Waals surface area contributed by atoms with E-state index >= 15 is 0 Å². The highest BCUT2D eigenvalue weighted by atomic mass is 79.9. The molecule has 17 heavy (non-hydrogen) atoms. The highest BCUT2D eigenvalue weighted by molar-refractivity contribution is 9.11. The van der Waals surface area contributed by atoms with Crippen molar-refractivity contribution in [3.63, 3.8) is 0 Å². The number of hydrogen-bond acceptors (Lipinski definition) is 3. The SMILES string of the molecule is Nc1cc(Br)cc(Br)c1S(=O)(=O)NCC(F)F. The molecule has 0 amide bonds. The highest BCUT2D eigenvalue weighted by Crippen LogP contribution is 2.31. The van der Waals surface area contributed by atoms with E-state index in [0.717, 1.165) is 0 Å². The van der Waals surface area contributed by atoms with Crippen LogP contribution < -0.4 is 10.5 Å². The van der Waals surface area contributed by atoms with Crippen LogP contribution in [0.2, 0.25) is 0 Å². The van der Waals surface area contributed by atoms with E-state index in [-0.39, 0.29) is 15.1 Å². The van der Waals surface area contributed by atoms with Crippen molar-refractivity contribution in [1.29, 1.82) is 0 Å². The number of alkyl halides is 2. The fraction of sp³-hybridized carbons (Fsp3) is 0.250. The maximum atomic E-state index is 12.0. The quantitative estimate of drug-likeness (QED) is 0.771. The van der Waals surface area contributed by atoms with Crippen molar-refractivity contribution in [1.82, 2.24) is 4.72 Å². The van der Waals surface area contributed by atoms with Gasteiger partial charge in [-0.25, -0.2) is 21.9 Å². The van der Waals surface area contributed by atoms with E-state index in [2.05, 4.69) is 31.9 Å². The van der Waals surface area contributed by atoms with Gasteiger partial charge in [-0.15, -0.1) is 0 Å². The fourth-order valence-corrected chi connectivity index (χ4v) is 4.18. The van der Waals surface area contributed by atoms with Gasteiger partial charge < -0.3 is 5.73 Å². The number of nitrogens with two attached hydrogens (primary N) is 1. The average Bonchev–Trinajstić information content (AvgIpc) is 2.12. The van der Waals surface area contributed by atoms with Crippen molar-refractivity contribution in [3.05, 3.63) is 21.1 Å². The van der Waals surface area contributed by atoms with Gasteiger partial charge in [0.25, 0.3) is 6.43 Å². The van der Waals surface area contributed by atoms with Crippen molar-refractivity contribution in [3.8, 4) is 0 Å². The van der Waals surface area contributed by atoms with Crippen LogP contribution >= 0.6 is 31.9 Å². The Bertz CT molecular complexity index is 499. The van der Waals surface area contributed by atoms with Crippen LogP contribution in [0.25, 0.3) is 0 Å². The molecule has 96 valence electrons. The molecule has 0 bridgehead atoms. The molecule has 0 radical (unpaired) electrons. The third-order valence-corrected chi connectivity index (χ3v) is 4.62. The standard InChI is InChI=1S/C8H8Br2F2N2O2S/c9-4-1-5(10)8(6(13)2-4)17(15,16)14-3-7(11)12/h1-2,7,14H,3,13H2. The molecular weight excluding hydrogens is 386 g/mol. The first-order chi connectivity index (χ1) is 7.74. The molecule has 0 fully saturated rings. The van der Waals surface area contributed by atoms with E-state index in [1.54, 1.807) is 4.72 Å². The van der Waals surface area contributed by atoms with Crippen molar-refractivity contribution < 1.29 is 17.2 Å². The molecule has 0 heterocycles. The summed E-state index contributed by atoms with van der Waals surface area (Å²) in [5.41, 5.74) is 5.51. The average molecular weight is 394 g/mol. The van der Waals surface area contributed by atoms with Gasteiger partial charge in [0.2, 0.25) is 10.0 Å². The second-order valence-electron chi connectivity index (χ2n) is 3.05. The first-order valence-corrected chi connectivity index (χ1v) is 7.33. The molecule has 3 N–H and O–H groups in total. The number of anilines is 1. The zero-order valence-electron chi connectivity index (χ0n) is 8.25. The van der Waals surface area contributed by atoms with Gasteiger partial charge in [0.15, 0.2) is 0 Å². The third-order valence-electron chi connectivity index (χ3n) is 1.73. The summed E-state index contributed by atoms with van der Waals surface area (Å²) in [6.07, 6.45) is -2.76. The second-order valence-corrected chi connectivity index (χ2v) is 6.52. The molecule has 9 heteroatoms. The summed E-state index contributed by atoms with van der Waals surface area (Å²) in [6.45, 7) is -0.954. The van der Waals surface area contributed by atoms with Gasteiger partial charge >= 0.3 is 0 Å². The molecular formula is C8H8Br2F2N2O2S. The minimum atomic E-state index is -4.06. The Kier molecular flexibility index (Phi) is 4.87. The Balaban J connectivity index is 3.16. The first-order valence-electron chi connectivity index (χ1n) is 4.26. The number of hydrogen-bond donors (Lipinski definition) is 2. The molecule has 0 aliphatic carbocycles. The van der Waals surface area contributed by atoms with Crippen LogP contribution in [-0.2, 0) is 10.0 Å². The summed E-state index contributed by atoms with van der Waals surface area (Å²) in [6, 6.07) is 2.84. The van der Waals surface area contributed by atoms with Gasteiger partial charge in [0.05, 0.1) is 12.2 Å². The summed E-state index contributed by atoms with van der Waals surface area (Å²) in [4.78, 5) is -0.249. The zero-order valence-corrected chi connectivity index (χ0v) is 12.2. The van der Waals surface area contributed by atoms with E-state index in [9.17, 15) is 17.2 Å². The van der Waals surface area contributed by atoms with Crippen molar-refractivity contribution in [2.75, 3.05) is 12.3 Å². The molecule has 1 aromatic rings. The Labute approximate surface area is 114 Å². The largest absolute Gasteiger partial charge is 0.398 e. The van der Waals surface area contributed by atoms with Gasteiger partial charge in [-0.05, 0) is 28.1 Å². The van der Waals surface area contributed by atoms with Crippen LogP contribution in [0.15, 0.2) is 26.0 Å². The van der Waals surface area contributed by atoms with Gasteiger partial charge in [-0.3, -0.25) is 0 Å². The lowest BCUT2D eigenvalue weighted by atomic mass is 10.3. The maximum absolute atomic E-state index is 12.0. The Morgan fingerprint density at radius 2 is 1.94 bits per heavy atom. The maximum Gasteiger partial charge on any atom is 0.251 e. The zero-order chi connectivity index (χ0) is 13.2. The third kappa shape index (κ3) is 3.87. The van der Waals surface area contributed by atoms with E-state index < -0.39 is 23.0 Å². The molecule has 0 aliphatic heterocycles. The van der Waals surface area contributed by atoms with Crippen molar-refractivity contribution in [2.24, 2.45) is 0 Å². The smallest absolute Gasteiger partial charge is 0.251 e. The van der Waals surface area contributed by atoms with Gasteiger partial charge in [0.1, 0.15) is 4.90 Å². The monoisotopic (exact) mass is 392 g/mol. The Hall–Kier alpha value is -0.250. The number of rotatable bonds is 4. The Morgan fingerprint density at radius 3 is 2.41 bits per heavy atom. The topological polar surface area (TPSA) is 72.2 Å². The van der Waals surface area contributed by atoms with E-state index in [4.69, 9.17) is 5.73 Å². The molecule has 0 unspecified atom stereocenters. The predicted octanol–water partition coefficient (Wildman–Crippen LogP) is 2.34. The summed E-state index contributed by atoms with van der Waals surface area (Å²) in [5, 5.41) is 0. The summed E-state index contributed by atoms with van der Waals surface area (Å²) in [7, 11) is -4.06. The summed E-state index contributed by atoms with van der Waals surface area (Å²) < 4.78 is 49.9. The lowest BCUT2D eigenvalue weighted by molar-refractivity contribution is 0.153. The molecule has 1 rings (SSSR count). The summed E-state index contributed by atoms with van der Waals surface area (Å²) >= 11 is 6.15. The van der Waals surface area contributed by atoms with Gasteiger partial charge in [0, 0.05) is 8.95 Å². The molecule has 4 nitrogen and oxygen atoms in total. The number of halogens is 4. The molecule has 0 saturated heterocycles. The summed E-state index contributed by atoms with van der Waals surface area (Å²) in [5.74, 6) is 0. The number of sulfonamides is 1. The van der Waals surface area contributed by atoms with Gasteiger partial charge in [-0.1, -0.05) is 15.9 Å². The minimum absolute atomic E-state index is 0.0342. The van der Waals surface area contributed by atoms with Crippen LogP contribution in [0.5, 0.6) is 0 Å². The number of benzene rings is 1. The predicted molar refractivity (Wildman–Crippen MR) is 67.4 cm³/mol. The molecule has 0 saturated carbocycles. The van der Waals surface area contributed by atoms with Crippen LogP contribution in [0.1, 0.15) is 0 Å². The molecule has 1 aromatic carbocycles. The molecule has 0 atom stereocenters. The highest BCUT2D eigenvalue weighted by Gasteiger charge is 2.22. The van der Waals surface area contributed by atoms with Crippen molar-refractivity contribution >= 4 is 47.6 Å². The van der Waals surface area contributed by atoms with Crippen LogP contribution in [0, 0.1) is 0 Å². The van der Waals surface area contributed by atoms with E-state index in [1.807, 2.05) is 0 Å². The van der Waals surface area contributed by atoms with Crippen LogP contribution in [-0.4, -0.2) is 21.4 Å². The van der Waals surface area contributed by atoms with E-state index in [1.165, 1.54) is 12.1 Å². The molecule has 0 spiro atoms. The second kappa shape index (κ2) is 5.59. The van der Waals surface area contributed by atoms with Gasteiger partial charge in [-0.2, -0.15) is 0 Å². The normalized spacial score (nSPS) is 12.1. The van der Waals surface area contributed by atoms with Crippen LogP contribution in [0.3, 0.4) is 0 Å². The fourth-order valence-electron chi connectivity index (χ4n) is 1.11. The number of nitrogen functional groups attached to an aromatic ring is 1. The minimum Gasteiger partial charge on any atom is -0.398 e. The Morgan fingerprint density at radius 1 is 1.35 bits per heavy atom. The van der Waals surface area contributed by atoms with E-state index in [0.29, 0.717) is 4.47 Å². The first kappa shape index (κ1) is 14.8. The van der Waals surface area contributed by atoms with Crippen molar-refractivity contribution in [2.45, 2.75) is 11.3 Å². The lowest BCUT2D eigenvalue weighted by Crippen LogP contribution is -2.29. The number of nitrogens with one attached hydrogen (secondary N) is 1.